The number of carbonyl (C=O) groups is 2. The van der Waals surface area contributed by atoms with Crippen LogP contribution in [0, 0.1) is 12.3 Å². The lowest BCUT2D eigenvalue weighted by molar-refractivity contribution is -0.123. The Labute approximate surface area is 161 Å². The molecular weight excluding hydrogens is 400 g/mol. The van der Waals surface area contributed by atoms with Crippen LogP contribution >= 0.6 is 27.3 Å². The lowest BCUT2D eigenvalue weighted by atomic mass is 9.96. The fourth-order valence-corrected chi connectivity index (χ4v) is 3.58. The molecule has 0 bridgehead atoms. The van der Waals surface area contributed by atoms with E-state index in [1.807, 2.05) is 65.0 Å². The van der Waals surface area contributed by atoms with E-state index in [-0.39, 0.29) is 17.9 Å². The van der Waals surface area contributed by atoms with E-state index >= 15 is 0 Å². The molecule has 0 saturated carbocycles. The summed E-state index contributed by atoms with van der Waals surface area (Å²) in [6.45, 7) is 9.40. The highest BCUT2D eigenvalue weighted by molar-refractivity contribution is 9.10. The summed E-state index contributed by atoms with van der Waals surface area (Å²) in [7, 11) is 0. The second-order valence-corrected chi connectivity index (χ2v) is 9.04. The van der Waals surface area contributed by atoms with E-state index in [1.165, 1.54) is 11.3 Å². The molecule has 2 aromatic rings. The van der Waals surface area contributed by atoms with Gasteiger partial charge in [0.15, 0.2) is 0 Å². The molecule has 0 aliphatic heterocycles. The molecule has 1 heterocycles. The van der Waals surface area contributed by atoms with Crippen LogP contribution in [0.1, 0.15) is 54.5 Å². The molecule has 6 heteroatoms. The zero-order valence-electron chi connectivity index (χ0n) is 15.1. The minimum absolute atomic E-state index is 0.0665. The Morgan fingerprint density at radius 2 is 1.88 bits per heavy atom. The average Bonchev–Trinajstić information content (AvgIpc) is 2.86. The minimum Gasteiger partial charge on any atom is -0.345 e. The number of amides is 2. The molecule has 1 aromatic carbocycles. The van der Waals surface area contributed by atoms with Crippen LogP contribution in [0.2, 0.25) is 0 Å². The third-order valence-electron chi connectivity index (χ3n) is 3.74. The fraction of sp³-hybridized carbons (Fsp3) is 0.368. The molecule has 0 fully saturated rings. The quantitative estimate of drug-likeness (QED) is 0.702. The van der Waals surface area contributed by atoms with E-state index in [2.05, 4.69) is 26.6 Å². The Kier molecular flexibility index (Phi) is 6.06. The SMILES string of the molecule is Cc1cc(NC(=O)C(C)(C)C)sc1C(=O)NC(C)c1cccc(Br)c1. The molecular formula is C19H23BrN2O2S. The van der Waals surface area contributed by atoms with Gasteiger partial charge >= 0.3 is 0 Å². The number of anilines is 1. The maximum absolute atomic E-state index is 12.6. The summed E-state index contributed by atoms with van der Waals surface area (Å²) in [6, 6.07) is 9.59. The van der Waals surface area contributed by atoms with Crippen LogP contribution in [0.4, 0.5) is 5.00 Å². The largest absolute Gasteiger partial charge is 0.345 e. The normalized spacial score (nSPS) is 12.6. The maximum Gasteiger partial charge on any atom is 0.262 e. The van der Waals surface area contributed by atoms with Crippen molar-refractivity contribution in [3.05, 3.63) is 50.8 Å². The second-order valence-electron chi connectivity index (χ2n) is 7.08. The van der Waals surface area contributed by atoms with Crippen molar-refractivity contribution in [3.63, 3.8) is 0 Å². The second kappa shape index (κ2) is 7.70. The summed E-state index contributed by atoms with van der Waals surface area (Å²) in [5, 5.41) is 6.59. The van der Waals surface area contributed by atoms with Gasteiger partial charge in [-0.1, -0.05) is 48.8 Å². The van der Waals surface area contributed by atoms with E-state index in [0.717, 1.165) is 15.6 Å². The van der Waals surface area contributed by atoms with Crippen molar-refractivity contribution >= 4 is 44.1 Å². The van der Waals surface area contributed by atoms with Crippen LogP contribution in [0.15, 0.2) is 34.8 Å². The number of hydrogen-bond donors (Lipinski definition) is 2. The van der Waals surface area contributed by atoms with Crippen molar-refractivity contribution in [2.24, 2.45) is 5.41 Å². The predicted octanol–water partition coefficient (Wildman–Crippen LogP) is 5.29. The summed E-state index contributed by atoms with van der Waals surface area (Å²) < 4.78 is 0.977. The minimum atomic E-state index is -0.477. The topological polar surface area (TPSA) is 58.2 Å². The number of benzene rings is 1. The molecule has 1 aromatic heterocycles. The first-order chi connectivity index (χ1) is 11.6. The molecule has 0 aliphatic carbocycles. The van der Waals surface area contributed by atoms with Gasteiger partial charge in [-0.15, -0.1) is 11.3 Å². The Balaban J connectivity index is 2.11. The summed E-state index contributed by atoms with van der Waals surface area (Å²) in [5.74, 6) is -0.200. The van der Waals surface area contributed by atoms with Crippen LogP contribution in [0.3, 0.4) is 0 Å². The molecule has 2 rings (SSSR count). The third-order valence-corrected chi connectivity index (χ3v) is 5.38. The molecule has 2 N–H and O–H groups in total. The maximum atomic E-state index is 12.6. The summed E-state index contributed by atoms with van der Waals surface area (Å²) in [6.07, 6.45) is 0. The Hall–Kier alpha value is -1.66. The summed E-state index contributed by atoms with van der Waals surface area (Å²) >= 11 is 4.74. The molecule has 1 atom stereocenters. The van der Waals surface area contributed by atoms with Gasteiger partial charge in [0.1, 0.15) is 0 Å². The zero-order valence-corrected chi connectivity index (χ0v) is 17.5. The van der Waals surface area contributed by atoms with E-state index in [9.17, 15) is 9.59 Å². The standard InChI is InChI=1S/C19H23BrN2O2S/c1-11-9-15(22-18(24)19(3,4)5)25-16(11)17(23)21-12(2)13-7-6-8-14(20)10-13/h6-10,12H,1-5H3,(H,21,23)(H,22,24). The zero-order chi connectivity index (χ0) is 18.8. The van der Waals surface area contributed by atoms with E-state index in [4.69, 9.17) is 0 Å². The summed E-state index contributed by atoms with van der Waals surface area (Å²) in [4.78, 5) is 25.3. The van der Waals surface area contributed by atoms with Crippen LogP contribution in [0.25, 0.3) is 0 Å². The molecule has 2 amide bonds. The van der Waals surface area contributed by atoms with Crippen LogP contribution < -0.4 is 10.6 Å². The Morgan fingerprint density at radius 3 is 2.48 bits per heavy atom. The molecule has 0 spiro atoms. The highest BCUT2D eigenvalue weighted by atomic mass is 79.9. The number of aryl methyl sites for hydroxylation is 1. The number of rotatable bonds is 4. The van der Waals surface area contributed by atoms with Crippen molar-refractivity contribution in [1.82, 2.24) is 5.32 Å². The van der Waals surface area contributed by atoms with Crippen LogP contribution in [-0.4, -0.2) is 11.8 Å². The van der Waals surface area contributed by atoms with Gasteiger partial charge in [-0.3, -0.25) is 9.59 Å². The number of thiophene rings is 1. The van der Waals surface area contributed by atoms with Crippen LogP contribution in [-0.2, 0) is 4.79 Å². The van der Waals surface area contributed by atoms with Crippen molar-refractivity contribution in [3.8, 4) is 0 Å². The van der Waals surface area contributed by atoms with Gasteiger partial charge in [0.05, 0.1) is 15.9 Å². The first-order valence-corrected chi connectivity index (χ1v) is 9.67. The first kappa shape index (κ1) is 19.7. The van der Waals surface area contributed by atoms with Crippen molar-refractivity contribution in [2.75, 3.05) is 5.32 Å². The van der Waals surface area contributed by atoms with Crippen LogP contribution in [0.5, 0.6) is 0 Å². The van der Waals surface area contributed by atoms with E-state index in [0.29, 0.717) is 9.88 Å². The van der Waals surface area contributed by atoms with Gasteiger partial charge in [0.2, 0.25) is 5.91 Å². The molecule has 134 valence electrons. The number of carbonyl (C=O) groups excluding carboxylic acids is 2. The number of hydrogen-bond acceptors (Lipinski definition) is 3. The Bertz CT molecular complexity index is 793. The molecule has 1 unspecified atom stereocenters. The number of halogens is 1. The lowest BCUT2D eigenvalue weighted by Gasteiger charge is -2.16. The van der Waals surface area contributed by atoms with Crippen molar-refractivity contribution in [1.29, 1.82) is 0 Å². The lowest BCUT2D eigenvalue weighted by Crippen LogP contribution is -2.27. The monoisotopic (exact) mass is 422 g/mol. The highest BCUT2D eigenvalue weighted by Gasteiger charge is 2.23. The summed E-state index contributed by atoms with van der Waals surface area (Å²) in [5.41, 5.74) is 1.40. The predicted molar refractivity (Wildman–Crippen MR) is 107 cm³/mol. The average molecular weight is 423 g/mol. The van der Waals surface area contributed by atoms with Gasteiger partial charge in [0, 0.05) is 9.89 Å². The number of nitrogens with one attached hydrogen (secondary N) is 2. The molecule has 4 nitrogen and oxygen atoms in total. The van der Waals surface area contributed by atoms with Crippen molar-refractivity contribution < 1.29 is 9.59 Å². The van der Waals surface area contributed by atoms with E-state index < -0.39 is 5.41 Å². The van der Waals surface area contributed by atoms with Gasteiger partial charge in [-0.2, -0.15) is 0 Å². The molecule has 0 saturated heterocycles. The molecule has 0 radical (unpaired) electrons. The third kappa shape index (κ3) is 5.16. The van der Waals surface area contributed by atoms with Gasteiger partial charge < -0.3 is 10.6 Å². The van der Waals surface area contributed by atoms with Crippen molar-refractivity contribution in [2.45, 2.75) is 40.7 Å². The first-order valence-electron chi connectivity index (χ1n) is 8.06. The van der Waals surface area contributed by atoms with Gasteiger partial charge in [-0.25, -0.2) is 0 Å². The van der Waals surface area contributed by atoms with Gasteiger partial charge in [0.25, 0.3) is 5.91 Å². The fourth-order valence-electron chi connectivity index (χ4n) is 2.19. The van der Waals surface area contributed by atoms with Gasteiger partial charge in [-0.05, 0) is 43.2 Å². The smallest absolute Gasteiger partial charge is 0.262 e. The van der Waals surface area contributed by atoms with E-state index in [1.54, 1.807) is 0 Å². The molecule has 0 aliphatic rings. The molecule has 25 heavy (non-hydrogen) atoms. The highest BCUT2D eigenvalue weighted by Crippen LogP contribution is 2.29. The Morgan fingerprint density at radius 1 is 1.20 bits per heavy atom.